The molecule has 1 aromatic carbocycles. The minimum absolute atomic E-state index is 0.294. The number of benzene rings is 1. The van der Waals surface area contributed by atoms with E-state index < -0.39 is 10.2 Å². The van der Waals surface area contributed by atoms with Crippen LogP contribution in [0.4, 0.5) is 5.69 Å². The van der Waals surface area contributed by atoms with Crippen molar-refractivity contribution in [2.45, 2.75) is 32.6 Å². The van der Waals surface area contributed by atoms with Gasteiger partial charge in [0.05, 0.1) is 5.69 Å². The first-order chi connectivity index (χ1) is 8.50. The molecule has 0 saturated carbocycles. The zero-order valence-corrected chi connectivity index (χ0v) is 11.7. The van der Waals surface area contributed by atoms with Crippen molar-refractivity contribution in [2.24, 2.45) is 0 Å². The third-order valence-corrected chi connectivity index (χ3v) is 4.75. The van der Waals surface area contributed by atoms with Gasteiger partial charge < -0.3 is 0 Å². The molecule has 1 aliphatic rings. The van der Waals surface area contributed by atoms with Crippen LogP contribution in [0.3, 0.4) is 0 Å². The summed E-state index contributed by atoms with van der Waals surface area (Å²) in [7, 11) is -3.39. The second kappa shape index (κ2) is 5.28. The topological polar surface area (TPSA) is 49.4 Å². The van der Waals surface area contributed by atoms with Crippen LogP contribution in [-0.4, -0.2) is 25.8 Å². The molecule has 1 saturated heterocycles. The summed E-state index contributed by atoms with van der Waals surface area (Å²) < 4.78 is 28.6. The summed E-state index contributed by atoms with van der Waals surface area (Å²) in [5.74, 6) is 0.294. The van der Waals surface area contributed by atoms with Gasteiger partial charge in [-0.05, 0) is 30.4 Å². The molecule has 0 unspecified atom stereocenters. The van der Waals surface area contributed by atoms with Crippen molar-refractivity contribution in [3.05, 3.63) is 29.8 Å². The maximum Gasteiger partial charge on any atom is 0.301 e. The number of anilines is 1. The summed E-state index contributed by atoms with van der Waals surface area (Å²) in [5, 5.41) is 0. The van der Waals surface area contributed by atoms with Crippen molar-refractivity contribution in [1.29, 1.82) is 0 Å². The standard InChI is InChI=1S/C13H20N2O2S/c1-11(2)12-7-3-4-8-13(12)14-18(16,17)15-9-5-6-10-15/h3-4,7-8,11,14H,5-6,9-10H2,1-2H3. The highest BCUT2D eigenvalue weighted by atomic mass is 32.2. The van der Waals surface area contributed by atoms with Crippen LogP contribution in [0.5, 0.6) is 0 Å². The first-order valence-electron chi connectivity index (χ1n) is 6.37. The monoisotopic (exact) mass is 268 g/mol. The van der Waals surface area contributed by atoms with Gasteiger partial charge in [-0.3, -0.25) is 4.72 Å². The fourth-order valence-corrected chi connectivity index (χ4v) is 3.56. The van der Waals surface area contributed by atoms with Gasteiger partial charge in [-0.25, -0.2) is 0 Å². The Morgan fingerprint density at radius 3 is 2.39 bits per heavy atom. The van der Waals surface area contributed by atoms with Crippen LogP contribution in [-0.2, 0) is 10.2 Å². The van der Waals surface area contributed by atoms with Crippen LogP contribution in [0.1, 0.15) is 38.2 Å². The van der Waals surface area contributed by atoms with Gasteiger partial charge in [0.2, 0.25) is 0 Å². The predicted molar refractivity (Wildman–Crippen MR) is 73.9 cm³/mol. The van der Waals surface area contributed by atoms with Gasteiger partial charge in [0.25, 0.3) is 0 Å². The van der Waals surface area contributed by atoms with E-state index in [2.05, 4.69) is 18.6 Å². The maximum atomic E-state index is 12.2. The summed E-state index contributed by atoms with van der Waals surface area (Å²) in [5.41, 5.74) is 1.72. The zero-order valence-electron chi connectivity index (χ0n) is 10.9. The van der Waals surface area contributed by atoms with E-state index in [0.29, 0.717) is 24.7 Å². The Balaban J connectivity index is 2.23. The van der Waals surface area contributed by atoms with Gasteiger partial charge in [0.15, 0.2) is 0 Å². The molecule has 0 radical (unpaired) electrons. The summed E-state index contributed by atoms with van der Waals surface area (Å²) >= 11 is 0. The fraction of sp³-hybridized carbons (Fsp3) is 0.538. The summed E-state index contributed by atoms with van der Waals surface area (Å²) in [4.78, 5) is 0. The van der Waals surface area contributed by atoms with Crippen molar-refractivity contribution in [1.82, 2.24) is 4.31 Å². The molecule has 4 nitrogen and oxygen atoms in total. The van der Waals surface area contributed by atoms with E-state index in [1.807, 2.05) is 24.3 Å². The molecule has 2 rings (SSSR count). The fourth-order valence-electron chi connectivity index (χ4n) is 2.23. The van der Waals surface area contributed by atoms with Crippen molar-refractivity contribution in [3.63, 3.8) is 0 Å². The largest absolute Gasteiger partial charge is 0.301 e. The lowest BCUT2D eigenvalue weighted by atomic mass is 10.0. The Morgan fingerprint density at radius 1 is 1.17 bits per heavy atom. The third kappa shape index (κ3) is 2.84. The lowest BCUT2D eigenvalue weighted by Gasteiger charge is -2.19. The summed E-state index contributed by atoms with van der Waals surface area (Å²) in [6.45, 7) is 5.37. The predicted octanol–water partition coefficient (Wildman–Crippen LogP) is 2.56. The van der Waals surface area contributed by atoms with Gasteiger partial charge in [-0.2, -0.15) is 12.7 Å². The first kappa shape index (κ1) is 13.4. The highest BCUT2D eigenvalue weighted by Crippen LogP contribution is 2.25. The Morgan fingerprint density at radius 2 is 1.78 bits per heavy atom. The maximum absolute atomic E-state index is 12.2. The zero-order chi connectivity index (χ0) is 13.2. The van der Waals surface area contributed by atoms with E-state index >= 15 is 0 Å². The highest BCUT2D eigenvalue weighted by molar-refractivity contribution is 7.90. The molecule has 1 aromatic rings. The minimum atomic E-state index is -3.39. The Bertz CT molecular complexity index is 505. The van der Waals surface area contributed by atoms with Crippen LogP contribution >= 0.6 is 0 Å². The van der Waals surface area contributed by atoms with E-state index in [1.54, 1.807) is 0 Å². The van der Waals surface area contributed by atoms with Crippen LogP contribution < -0.4 is 4.72 Å². The van der Waals surface area contributed by atoms with Crippen LogP contribution in [0.2, 0.25) is 0 Å². The molecule has 100 valence electrons. The van der Waals surface area contributed by atoms with E-state index in [-0.39, 0.29) is 0 Å². The number of nitrogens with one attached hydrogen (secondary N) is 1. The average molecular weight is 268 g/mol. The molecule has 1 N–H and O–H groups in total. The van der Waals surface area contributed by atoms with Gasteiger partial charge >= 0.3 is 10.2 Å². The number of para-hydroxylation sites is 1. The molecule has 0 bridgehead atoms. The third-order valence-electron chi connectivity index (χ3n) is 3.23. The van der Waals surface area contributed by atoms with E-state index in [1.165, 1.54) is 4.31 Å². The number of hydrogen-bond acceptors (Lipinski definition) is 2. The van der Waals surface area contributed by atoms with E-state index in [9.17, 15) is 8.42 Å². The second-order valence-corrected chi connectivity index (χ2v) is 6.63. The highest BCUT2D eigenvalue weighted by Gasteiger charge is 2.25. The number of hydrogen-bond donors (Lipinski definition) is 1. The Labute approximate surface area is 109 Å². The molecule has 1 aliphatic heterocycles. The van der Waals surface area contributed by atoms with Gasteiger partial charge in [-0.15, -0.1) is 0 Å². The molecule has 1 heterocycles. The number of rotatable bonds is 4. The second-order valence-electron chi connectivity index (χ2n) is 4.96. The van der Waals surface area contributed by atoms with Crippen molar-refractivity contribution >= 4 is 15.9 Å². The molecule has 0 aromatic heterocycles. The van der Waals surface area contributed by atoms with Crippen LogP contribution in [0.25, 0.3) is 0 Å². The minimum Gasteiger partial charge on any atom is -0.271 e. The molecule has 0 aliphatic carbocycles. The van der Waals surface area contributed by atoms with Crippen molar-refractivity contribution in [2.75, 3.05) is 17.8 Å². The Kier molecular flexibility index (Phi) is 3.92. The Hall–Kier alpha value is -1.07. The van der Waals surface area contributed by atoms with Crippen molar-refractivity contribution < 1.29 is 8.42 Å². The van der Waals surface area contributed by atoms with Crippen LogP contribution in [0.15, 0.2) is 24.3 Å². The SMILES string of the molecule is CC(C)c1ccccc1NS(=O)(=O)N1CCCC1. The smallest absolute Gasteiger partial charge is 0.271 e. The molecule has 5 heteroatoms. The van der Waals surface area contributed by atoms with E-state index in [4.69, 9.17) is 0 Å². The van der Waals surface area contributed by atoms with Crippen molar-refractivity contribution in [3.8, 4) is 0 Å². The molecule has 18 heavy (non-hydrogen) atoms. The molecule has 0 amide bonds. The molecular weight excluding hydrogens is 248 g/mol. The normalized spacial score (nSPS) is 17.3. The van der Waals surface area contributed by atoms with Gasteiger partial charge in [0, 0.05) is 13.1 Å². The quantitative estimate of drug-likeness (QED) is 0.912. The summed E-state index contributed by atoms with van der Waals surface area (Å²) in [6, 6.07) is 7.58. The van der Waals surface area contributed by atoms with Gasteiger partial charge in [-0.1, -0.05) is 32.0 Å². The lowest BCUT2D eigenvalue weighted by molar-refractivity contribution is 0.482. The van der Waals surface area contributed by atoms with Gasteiger partial charge in [0.1, 0.15) is 0 Å². The lowest BCUT2D eigenvalue weighted by Crippen LogP contribution is -2.33. The number of nitrogens with zero attached hydrogens (tertiary/aromatic N) is 1. The average Bonchev–Trinajstić information content (AvgIpc) is 2.83. The molecule has 0 atom stereocenters. The molecule has 1 fully saturated rings. The van der Waals surface area contributed by atoms with E-state index in [0.717, 1.165) is 18.4 Å². The summed E-state index contributed by atoms with van der Waals surface area (Å²) in [6.07, 6.45) is 1.90. The first-order valence-corrected chi connectivity index (χ1v) is 7.81. The molecular formula is C13H20N2O2S. The van der Waals surface area contributed by atoms with Crippen LogP contribution in [0, 0.1) is 0 Å². The molecule has 0 spiro atoms.